The lowest BCUT2D eigenvalue weighted by Gasteiger charge is -2.16. The van der Waals surface area contributed by atoms with E-state index in [0.29, 0.717) is 5.56 Å². The number of nitrogens with zero attached hydrogens (tertiary/aromatic N) is 2. The summed E-state index contributed by atoms with van der Waals surface area (Å²) in [5, 5.41) is 15.2. The Morgan fingerprint density at radius 3 is 2.29 bits per heavy atom. The molecular weight excluding hydrogens is 462 g/mol. The zero-order chi connectivity index (χ0) is 25.0. The Bertz CT molecular complexity index is 1180. The van der Waals surface area contributed by atoms with Crippen LogP contribution in [0.25, 0.3) is 0 Å². The van der Waals surface area contributed by atoms with E-state index in [1.165, 1.54) is 49.5 Å². The molecule has 8 nitrogen and oxygen atoms in total. The summed E-state index contributed by atoms with van der Waals surface area (Å²) >= 11 is 0. The van der Waals surface area contributed by atoms with E-state index in [0.717, 1.165) is 10.7 Å². The summed E-state index contributed by atoms with van der Waals surface area (Å²) in [7, 11) is 1.28. The Kier molecular flexibility index (Phi) is 7.39. The largest absolute Gasteiger partial charge is 0.478 e. The molecule has 1 amide bonds. The number of amides is 1. The Morgan fingerprint density at radius 2 is 1.71 bits per heavy atom. The standard InChI is InChI=1S/C22H19F4N3O5/c1-11(12-6-8-13(9-7-12)21(31)32)27-19(30)16-17(18(23)24)28-29(2)20(16)33-14-4-3-5-15(10-14)34-22(25)26/h3-11,18,22H,1-2H3,(H,27,30)(H,31,32). The molecule has 1 atom stereocenters. The van der Waals surface area contributed by atoms with E-state index < -0.39 is 42.2 Å². The van der Waals surface area contributed by atoms with Crippen molar-refractivity contribution >= 4 is 11.9 Å². The highest BCUT2D eigenvalue weighted by Gasteiger charge is 2.30. The number of carboxylic acid groups (broad SMARTS) is 1. The van der Waals surface area contributed by atoms with Crippen LogP contribution in [-0.2, 0) is 7.05 Å². The normalized spacial score (nSPS) is 12.0. The molecule has 34 heavy (non-hydrogen) atoms. The third-order valence-corrected chi connectivity index (χ3v) is 4.71. The summed E-state index contributed by atoms with van der Waals surface area (Å²) in [5.41, 5.74) is -0.793. The van der Waals surface area contributed by atoms with E-state index >= 15 is 0 Å². The average molecular weight is 481 g/mol. The quantitative estimate of drug-likeness (QED) is 0.420. The number of aromatic carboxylic acids is 1. The number of rotatable bonds is 9. The molecule has 0 radical (unpaired) electrons. The summed E-state index contributed by atoms with van der Waals surface area (Å²) in [6.07, 6.45) is -3.11. The van der Waals surface area contributed by atoms with Crippen molar-refractivity contribution in [3.8, 4) is 17.4 Å². The van der Waals surface area contributed by atoms with E-state index in [-0.39, 0.29) is 22.9 Å². The van der Waals surface area contributed by atoms with Crippen LogP contribution in [0, 0.1) is 0 Å². The second-order valence-electron chi connectivity index (χ2n) is 7.07. The van der Waals surface area contributed by atoms with E-state index in [4.69, 9.17) is 9.84 Å². The average Bonchev–Trinajstić information content (AvgIpc) is 3.10. The van der Waals surface area contributed by atoms with Crippen LogP contribution in [0.15, 0.2) is 48.5 Å². The maximum atomic E-state index is 13.6. The molecule has 12 heteroatoms. The SMILES string of the molecule is CC(NC(=O)c1c(C(F)F)nn(C)c1Oc1cccc(OC(F)F)c1)c1ccc(C(=O)O)cc1. The first-order valence-electron chi connectivity index (χ1n) is 9.78. The second kappa shape index (κ2) is 10.2. The number of alkyl halides is 4. The molecular formula is C22H19F4N3O5. The van der Waals surface area contributed by atoms with Crippen LogP contribution < -0.4 is 14.8 Å². The number of carboxylic acids is 1. The fourth-order valence-corrected chi connectivity index (χ4v) is 3.10. The van der Waals surface area contributed by atoms with E-state index in [1.807, 2.05) is 0 Å². The molecule has 1 unspecified atom stereocenters. The number of benzene rings is 2. The number of carbonyl (C=O) groups is 2. The Labute approximate surface area is 190 Å². The molecule has 0 saturated carbocycles. The fourth-order valence-electron chi connectivity index (χ4n) is 3.10. The van der Waals surface area contributed by atoms with Crippen molar-refractivity contribution in [1.29, 1.82) is 0 Å². The van der Waals surface area contributed by atoms with Gasteiger partial charge in [-0.05, 0) is 36.8 Å². The first-order chi connectivity index (χ1) is 16.1. The molecule has 1 aromatic heterocycles. The maximum absolute atomic E-state index is 13.6. The van der Waals surface area contributed by atoms with Crippen molar-refractivity contribution < 1.29 is 41.7 Å². The third-order valence-electron chi connectivity index (χ3n) is 4.71. The molecule has 2 aromatic carbocycles. The monoisotopic (exact) mass is 481 g/mol. The molecule has 3 rings (SSSR count). The lowest BCUT2D eigenvalue weighted by atomic mass is 10.1. The van der Waals surface area contributed by atoms with Gasteiger partial charge >= 0.3 is 12.6 Å². The van der Waals surface area contributed by atoms with Gasteiger partial charge in [0, 0.05) is 13.1 Å². The number of aryl methyl sites for hydroxylation is 1. The smallest absolute Gasteiger partial charge is 0.387 e. The zero-order valence-electron chi connectivity index (χ0n) is 17.8. The minimum absolute atomic E-state index is 0.0447. The van der Waals surface area contributed by atoms with Gasteiger partial charge in [-0.1, -0.05) is 18.2 Å². The van der Waals surface area contributed by atoms with E-state index in [1.54, 1.807) is 6.92 Å². The van der Waals surface area contributed by atoms with Gasteiger partial charge in [-0.3, -0.25) is 4.79 Å². The molecule has 0 aliphatic rings. The highest BCUT2D eigenvalue weighted by molar-refractivity contribution is 5.98. The Hall–Kier alpha value is -4.09. The number of nitrogens with one attached hydrogen (secondary N) is 1. The number of hydrogen-bond donors (Lipinski definition) is 2. The number of aromatic nitrogens is 2. The van der Waals surface area contributed by atoms with Gasteiger partial charge in [0.15, 0.2) is 0 Å². The van der Waals surface area contributed by atoms with Crippen molar-refractivity contribution in [1.82, 2.24) is 15.1 Å². The molecule has 0 spiro atoms. The highest BCUT2D eigenvalue weighted by Crippen LogP contribution is 2.34. The van der Waals surface area contributed by atoms with Crippen molar-refractivity contribution in [3.05, 3.63) is 70.9 Å². The van der Waals surface area contributed by atoms with Gasteiger partial charge in [0.2, 0.25) is 5.88 Å². The molecule has 0 bridgehead atoms. The van der Waals surface area contributed by atoms with Gasteiger partial charge in [0.1, 0.15) is 22.8 Å². The van der Waals surface area contributed by atoms with Gasteiger partial charge in [0.25, 0.3) is 12.3 Å². The summed E-state index contributed by atoms with van der Waals surface area (Å²) < 4.78 is 63.0. The molecule has 2 N–H and O–H groups in total. The molecule has 1 heterocycles. The summed E-state index contributed by atoms with van der Waals surface area (Å²) in [5.74, 6) is -2.66. The molecule has 3 aromatic rings. The predicted molar refractivity (Wildman–Crippen MR) is 111 cm³/mol. The number of ether oxygens (including phenoxy) is 2. The molecule has 0 aliphatic carbocycles. The van der Waals surface area contributed by atoms with Gasteiger partial charge < -0.3 is 19.9 Å². The molecule has 0 saturated heterocycles. The van der Waals surface area contributed by atoms with E-state index in [2.05, 4.69) is 15.2 Å². The van der Waals surface area contributed by atoms with E-state index in [9.17, 15) is 27.2 Å². The first kappa shape index (κ1) is 24.6. The van der Waals surface area contributed by atoms with Gasteiger partial charge in [-0.25, -0.2) is 18.3 Å². The Balaban J connectivity index is 1.89. The second-order valence-corrected chi connectivity index (χ2v) is 7.07. The minimum atomic E-state index is -3.11. The van der Waals surface area contributed by atoms with Crippen LogP contribution in [0.3, 0.4) is 0 Å². The Morgan fingerprint density at radius 1 is 1.06 bits per heavy atom. The highest BCUT2D eigenvalue weighted by atomic mass is 19.3. The molecule has 180 valence electrons. The van der Waals surface area contributed by atoms with Crippen LogP contribution in [0.4, 0.5) is 17.6 Å². The van der Waals surface area contributed by atoms with Crippen molar-refractivity contribution in [2.75, 3.05) is 0 Å². The summed E-state index contributed by atoms with van der Waals surface area (Å²) in [6, 6.07) is 10.0. The van der Waals surface area contributed by atoms with Crippen LogP contribution in [0.2, 0.25) is 0 Å². The fraction of sp³-hybridized carbons (Fsp3) is 0.227. The lowest BCUT2D eigenvalue weighted by molar-refractivity contribution is -0.0499. The van der Waals surface area contributed by atoms with Gasteiger partial charge in [-0.2, -0.15) is 13.9 Å². The number of halogens is 4. The summed E-state index contributed by atoms with van der Waals surface area (Å²) in [4.78, 5) is 24.0. The first-order valence-corrected chi connectivity index (χ1v) is 9.78. The van der Waals surface area contributed by atoms with Crippen molar-refractivity contribution in [2.24, 2.45) is 7.05 Å². The molecule has 0 fully saturated rings. The minimum Gasteiger partial charge on any atom is -0.478 e. The van der Waals surface area contributed by atoms with Crippen molar-refractivity contribution in [3.63, 3.8) is 0 Å². The summed E-state index contributed by atoms with van der Waals surface area (Å²) in [6.45, 7) is -1.50. The van der Waals surface area contributed by atoms with Crippen LogP contribution in [-0.4, -0.2) is 33.4 Å². The predicted octanol–water partition coefficient (Wildman–Crippen LogP) is 4.94. The zero-order valence-corrected chi connectivity index (χ0v) is 17.8. The topological polar surface area (TPSA) is 103 Å². The third kappa shape index (κ3) is 5.63. The molecule has 0 aliphatic heterocycles. The van der Waals surface area contributed by atoms with Gasteiger partial charge in [0.05, 0.1) is 11.6 Å². The number of carbonyl (C=O) groups excluding carboxylic acids is 1. The van der Waals surface area contributed by atoms with Crippen LogP contribution in [0.5, 0.6) is 17.4 Å². The van der Waals surface area contributed by atoms with Crippen LogP contribution >= 0.6 is 0 Å². The lowest BCUT2D eigenvalue weighted by Crippen LogP contribution is -2.27. The maximum Gasteiger partial charge on any atom is 0.387 e. The van der Waals surface area contributed by atoms with Crippen molar-refractivity contribution in [2.45, 2.75) is 26.0 Å². The van der Waals surface area contributed by atoms with Gasteiger partial charge in [-0.15, -0.1) is 0 Å². The number of hydrogen-bond acceptors (Lipinski definition) is 5. The van der Waals surface area contributed by atoms with Crippen LogP contribution in [0.1, 0.15) is 51.4 Å².